The molecule has 1 aliphatic carbocycles. The molecule has 1 aliphatic rings. The Morgan fingerprint density at radius 2 is 1.43 bits per heavy atom. The molecule has 2 aromatic rings. The zero-order valence-corrected chi connectivity index (χ0v) is 17.8. The molecule has 2 aromatic carbocycles. The molecule has 28 heavy (non-hydrogen) atoms. The van der Waals surface area contributed by atoms with Gasteiger partial charge < -0.3 is 9.79 Å². The van der Waals surface area contributed by atoms with Gasteiger partial charge >= 0.3 is 7.60 Å². The molecule has 0 heterocycles. The highest BCUT2D eigenvalue weighted by atomic mass is 32.2. The van der Waals surface area contributed by atoms with Crippen LogP contribution in [0.2, 0.25) is 0 Å². The van der Waals surface area contributed by atoms with Crippen molar-refractivity contribution in [2.45, 2.75) is 43.8 Å². The Labute approximate surface area is 166 Å². The summed E-state index contributed by atoms with van der Waals surface area (Å²) in [5.74, 6) is 0.102. The number of fused-ring (bicyclic) bond motifs is 3. The van der Waals surface area contributed by atoms with Gasteiger partial charge in [0.2, 0.25) is 0 Å². The molecule has 0 spiro atoms. The number of sulfone groups is 1. The minimum atomic E-state index is -4.09. The van der Waals surface area contributed by atoms with Gasteiger partial charge in [-0.1, -0.05) is 68.3 Å². The highest BCUT2D eigenvalue weighted by molar-refractivity contribution is 7.92. The summed E-state index contributed by atoms with van der Waals surface area (Å²) in [6.45, 7) is 1.97. The third kappa shape index (κ3) is 3.84. The van der Waals surface area contributed by atoms with Crippen LogP contribution in [0.4, 0.5) is 0 Å². The van der Waals surface area contributed by atoms with Crippen molar-refractivity contribution in [1.29, 1.82) is 0 Å². The Morgan fingerprint density at radius 3 is 1.93 bits per heavy atom. The average Bonchev–Trinajstić information content (AvgIpc) is 2.95. The molecule has 152 valence electrons. The second-order valence-corrected chi connectivity index (χ2v) is 11.5. The first-order valence-electron chi connectivity index (χ1n) is 9.69. The first-order chi connectivity index (χ1) is 13.2. The lowest BCUT2D eigenvalue weighted by atomic mass is 9.90. The first kappa shape index (κ1) is 21.3. The normalized spacial score (nSPS) is 15.2. The summed E-state index contributed by atoms with van der Waals surface area (Å²) in [5.41, 5.74) is 3.47. The van der Waals surface area contributed by atoms with Crippen LogP contribution >= 0.6 is 7.60 Å². The lowest BCUT2D eigenvalue weighted by Crippen LogP contribution is -2.37. The largest absolute Gasteiger partial charge is 0.325 e. The van der Waals surface area contributed by atoms with Crippen LogP contribution < -0.4 is 0 Å². The van der Waals surface area contributed by atoms with Gasteiger partial charge in [0.25, 0.3) is 0 Å². The Morgan fingerprint density at radius 1 is 0.893 bits per heavy atom. The average molecular weight is 422 g/mol. The van der Waals surface area contributed by atoms with E-state index < -0.39 is 22.2 Å². The van der Waals surface area contributed by atoms with Crippen molar-refractivity contribution >= 4 is 17.4 Å². The van der Waals surface area contributed by atoms with Gasteiger partial charge in [0, 0.05) is 6.16 Å². The van der Waals surface area contributed by atoms with Crippen LogP contribution in [-0.4, -0.2) is 30.1 Å². The SMILES string of the molecule is CCCCS(=O)(=O)C1(CCCCP(=O)(O)O)c2ccccc2-c2ccccc21. The van der Waals surface area contributed by atoms with Gasteiger partial charge in [0.05, 0.1) is 5.75 Å². The standard InChI is InChI=1S/C21H27O5PS/c1-2-3-16-28(25,26)21(14-8-9-15-27(22,23)24)19-12-6-4-10-17(19)18-11-5-7-13-20(18)21/h4-7,10-13H,2-3,8-9,14-16H2,1H3,(H2,22,23,24). The van der Waals surface area contributed by atoms with Crippen LogP contribution in [0.15, 0.2) is 48.5 Å². The highest BCUT2D eigenvalue weighted by Gasteiger charge is 2.51. The molecule has 0 radical (unpaired) electrons. The van der Waals surface area contributed by atoms with Crippen LogP contribution in [0, 0.1) is 0 Å². The van der Waals surface area contributed by atoms with Crippen molar-refractivity contribution in [2.24, 2.45) is 0 Å². The van der Waals surface area contributed by atoms with E-state index in [1.54, 1.807) is 0 Å². The smallest absolute Gasteiger partial charge is 0.324 e. The molecule has 0 aliphatic heterocycles. The van der Waals surface area contributed by atoms with Gasteiger partial charge in [-0.15, -0.1) is 0 Å². The Hall–Kier alpha value is -1.46. The fourth-order valence-electron chi connectivity index (χ4n) is 4.25. The summed E-state index contributed by atoms with van der Waals surface area (Å²) in [6, 6.07) is 15.3. The van der Waals surface area contributed by atoms with Crippen LogP contribution in [0.1, 0.15) is 50.2 Å². The van der Waals surface area contributed by atoms with E-state index in [9.17, 15) is 13.0 Å². The van der Waals surface area contributed by atoms with E-state index in [-0.39, 0.29) is 11.9 Å². The third-order valence-electron chi connectivity index (χ3n) is 5.54. The summed E-state index contributed by atoms with van der Waals surface area (Å²) >= 11 is 0. The molecule has 3 rings (SSSR count). The zero-order chi connectivity index (χ0) is 20.4. The van der Waals surface area contributed by atoms with Crippen LogP contribution in [0.25, 0.3) is 11.1 Å². The van der Waals surface area contributed by atoms with Crippen molar-refractivity contribution in [3.8, 4) is 11.1 Å². The van der Waals surface area contributed by atoms with E-state index in [1.807, 2.05) is 55.5 Å². The fourth-order valence-corrected chi connectivity index (χ4v) is 7.38. The number of hydrogen-bond donors (Lipinski definition) is 2. The monoisotopic (exact) mass is 422 g/mol. The van der Waals surface area contributed by atoms with Crippen molar-refractivity contribution in [3.63, 3.8) is 0 Å². The van der Waals surface area contributed by atoms with E-state index in [0.29, 0.717) is 25.7 Å². The first-order valence-corrected chi connectivity index (χ1v) is 13.1. The summed E-state index contributed by atoms with van der Waals surface area (Å²) in [5, 5.41) is 0. The maximum absolute atomic E-state index is 13.7. The molecule has 0 saturated heterocycles. The molecule has 0 fully saturated rings. The Bertz CT molecular complexity index is 948. The highest BCUT2D eigenvalue weighted by Crippen LogP contribution is 2.55. The van der Waals surface area contributed by atoms with Crippen molar-refractivity contribution < 1.29 is 22.8 Å². The molecule has 5 nitrogen and oxygen atoms in total. The predicted octanol–water partition coefficient (Wildman–Crippen LogP) is 4.47. The van der Waals surface area contributed by atoms with Crippen molar-refractivity contribution in [3.05, 3.63) is 59.7 Å². The predicted molar refractivity (Wildman–Crippen MR) is 112 cm³/mol. The maximum atomic E-state index is 13.7. The van der Waals surface area contributed by atoms with Gasteiger partial charge in [0.1, 0.15) is 4.75 Å². The molecular formula is C21H27O5PS. The summed E-state index contributed by atoms with van der Waals surface area (Å²) in [4.78, 5) is 18.3. The summed E-state index contributed by atoms with van der Waals surface area (Å²) in [6.07, 6.45) is 2.21. The second kappa shape index (κ2) is 8.11. The van der Waals surface area contributed by atoms with E-state index in [4.69, 9.17) is 9.79 Å². The number of hydrogen-bond acceptors (Lipinski definition) is 3. The summed E-state index contributed by atoms with van der Waals surface area (Å²) in [7, 11) is -7.61. The summed E-state index contributed by atoms with van der Waals surface area (Å²) < 4.78 is 37.4. The quantitative estimate of drug-likeness (QED) is 0.459. The van der Waals surface area contributed by atoms with Gasteiger partial charge in [-0.3, -0.25) is 4.57 Å². The maximum Gasteiger partial charge on any atom is 0.325 e. The fraction of sp³-hybridized carbons (Fsp3) is 0.429. The molecule has 0 aromatic heterocycles. The number of benzene rings is 2. The topological polar surface area (TPSA) is 91.7 Å². The molecular weight excluding hydrogens is 395 g/mol. The Kier molecular flexibility index (Phi) is 6.16. The third-order valence-corrected chi connectivity index (χ3v) is 8.97. The van der Waals surface area contributed by atoms with Crippen LogP contribution in [0.5, 0.6) is 0 Å². The lowest BCUT2D eigenvalue weighted by Gasteiger charge is -2.32. The minimum Gasteiger partial charge on any atom is -0.324 e. The molecule has 2 N–H and O–H groups in total. The molecule has 0 bridgehead atoms. The van der Waals surface area contributed by atoms with Crippen LogP contribution in [0.3, 0.4) is 0 Å². The molecule has 0 amide bonds. The number of unbranched alkanes of at least 4 members (excludes halogenated alkanes) is 2. The zero-order valence-electron chi connectivity index (χ0n) is 16.0. The number of rotatable bonds is 9. The van der Waals surface area contributed by atoms with Crippen molar-refractivity contribution in [1.82, 2.24) is 0 Å². The second-order valence-electron chi connectivity index (χ2n) is 7.44. The van der Waals surface area contributed by atoms with Crippen molar-refractivity contribution in [2.75, 3.05) is 11.9 Å². The van der Waals surface area contributed by atoms with E-state index in [2.05, 4.69) is 0 Å². The van der Waals surface area contributed by atoms with E-state index in [0.717, 1.165) is 28.7 Å². The van der Waals surface area contributed by atoms with Gasteiger partial charge in [-0.2, -0.15) is 0 Å². The molecule has 0 unspecified atom stereocenters. The van der Waals surface area contributed by atoms with E-state index in [1.165, 1.54) is 0 Å². The van der Waals surface area contributed by atoms with Gasteiger partial charge in [-0.25, -0.2) is 8.42 Å². The molecule has 0 atom stereocenters. The Balaban J connectivity index is 2.10. The van der Waals surface area contributed by atoms with E-state index >= 15 is 0 Å². The van der Waals surface area contributed by atoms with Gasteiger partial charge in [0.15, 0.2) is 9.84 Å². The molecule has 0 saturated carbocycles. The lowest BCUT2D eigenvalue weighted by molar-refractivity contribution is 0.370. The van der Waals surface area contributed by atoms with Gasteiger partial charge in [-0.05, 0) is 41.5 Å². The minimum absolute atomic E-state index is 0.102. The van der Waals surface area contributed by atoms with Crippen LogP contribution in [-0.2, 0) is 19.1 Å². The molecule has 7 heteroatoms.